The first kappa shape index (κ1) is 25.5. The van der Waals surface area contributed by atoms with Gasteiger partial charge in [0.2, 0.25) is 0 Å². The lowest BCUT2D eigenvalue weighted by molar-refractivity contribution is -0.137. The highest BCUT2D eigenvalue weighted by molar-refractivity contribution is 6.40. The van der Waals surface area contributed by atoms with E-state index in [1.165, 1.54) is 0 Å². The van der Waals surface area contributed by atoms with Crippen LogP contribution in [0, 0.1) is 5.21 Å². The van der Waals surface area contributed by atoms with Crippen LogP contribution in [0.3, 0.4) is 0 Å². The van der Waals surface area contributed by atoms with Crippen LogP contribution in [-0.4, -0.2) is 51.8 Å². The molecule has 2 N–H and O–H groups in total. The largest absolute Gasteiger partial charge is 0.784 e. The predicted octanol–water partition coefficient (Wildman–Crippen LogP) is 5.82. The number of hydrogen-bond acceptors (Lipinski definition) is 6. The van der Waals surface area contributed by atoms with Crippen molar-refractivity contribution < 1.29 is 19.8 Å². The molecule has 30 heavy (non-hydrogen) atoms. The summed E-state index contributed by atoms with van der Waals surface area (Å²) in [6, 6.07) is 2.67. The number of carboxylic acids is 1. The van der Waals surface area contributed by atoms with Crippen molar-refractivity contribution in [2.45, 2.75) is 69.9 Å². The third kappa shape index (κ3) is 8.04. The van der Waals surface area contributed by atoms with Crippen LogP contribution in [0.15, 0.2) is 12.1 Å². The summed E-state index contributed by atoms with van der Waals surface area (Å²) >= 11 is 18.1. The highest BCUT2D eigenvalue weighted by Crippen LogP contribution is 2.36. The van der Waals surface area contributed by atoms with Gasteiger partial charge in [-0.3, -0.25) is 4.79 Å². The molecule has 7 nitrogen and oxygen atoms in total. The van der Waals surface area contributed by atoms with Gasteiger partial charge in [0.1, 0.15) is 0 Å². The Kier molecular flexibility index (Phi) is 11.0. The second-order valence-electron chi connectivity index (χ2n) is 7.52. The number of hydroxylamine groups is 4. The van der Waals surface area contributed by atoms with E-state index in [9.17, 15) is 15.2 Å². The normalized spacial score (nSPS) is 20.0. The lowest BCUT2D eigenvalue weighted by Gasteiger charge is -2.31. The standard InChI is InChI=1S/C20H28Cl3N2O5/c21-14-11-15(22)20(16(23)12-14)30-10-6-5-8-18-17(24(28)13-25(18)29)7-3-1-2-4-9-19(26)27/h11-12,17-18,29H,1-10,13H2,(H,26,27)/q-1. The van der Waals surface area contributed by atoms with Crippen molar-refractivity contribution in [1.82, 2.24) is 10.1 Å². The lowest BCUT2D eigenvalue weighted by atomic mass is 9.97. The maximum atomic E-state index is 12.2. The van der Waals surface area contributed by atoms with Gasteiger partial charge in [0, 0.05) is 17.5 Å². The molecule has 0 bridgehead atoms. The maximum Gasteiger partial charge on any atom is 0.303 e. The van der Waals surface area contributed by atoms with E-state index in [0.29, 0.717) is 46.7 Å². The molecule has 2 rings (SSSR count). The monoisotopic (exact) mass is 481 g/mol. The second-order valence-corrected chi connectivity index (χ2v) is 8.77. The zero-order chi connectivity index (χ0) is 22.1. The summed E-state index contributed by atoms with van der Waals surface area (Å²) in [5, 5.41) is 34.1. The van der Waals surface area contributed by atoms with E-state index in [1.807, 2.05) is 0 Å². The van der Waals surface area contributed by atoms with E-state index in [4.69, 9.17) is 44.6 Å². The molecule has 1 saturated heterocycles. The van der Waals surface area contributed by atoms with E-state index in [-0.39, 0.29) is 25.2 Å². The number of benzene rings is 1. The Hall–Kier alpha value is -0.800. The molecule has 0 radical (unpaired) electrons. The predicted molar refractivity (Wildman–Crippen MR) is 117 cm³/mol. The van der Waals surface area contributed by atoms with Crippen LogP contribution in [-0.2, 0) is 4.79 Å². The Bertz CT molecular complexity index is 671. The fraction of sp³-hybridized carbons (Fsp3) is 0.650. The van der Waals surface area contributed by atoms with Gasteiger partial charge in [-0.25, -0.2) is 0 Å². The first-order chi connectivity index (χ1) is 14.3. The van der Waals surface area contributed by atoms with Crippen LogP contribution in [0.1, 0.15) is 57.8 Å². The fourth-order valence-electron chi connectivity index (χ4n) is 3.70. The number of carbonyl (C=O) groups is 1. The van der Waals surface area contributed by atoms with Crippen LogP contribution in [0.5, 0.6) is 5.75 Å². The summed E-state index contributed by atoms with van der Waals surface area (Å²) in [6.07, 6.45) is 6.23. The number of aliphatic carboxylic acids is 1. The Balaban J connectivity index is 1.70. The number of unbranched alkanes of at least 4 members (excludes halogenated alkanes) is 4. The van der Waals surface area contributed by atoms with Gasteiger partial charge in [-0.15, -0.1) is 0 Å². The smallest absolute Gasteiger partial charge is 0.303 e. The van der Waals surface area contributed by atoms with Crippen LogP contribution in [0.25, 0.3) is 0 Å². The van der Waals surface area contributed by atoms with Crippen molar-refractivity contribution in [3.8, 4) is 5.75 Å². The summed E-state index contributed by atoms with van der Waals surface area (Å²) in [4.78, 5) is 10.5. The quantitative estimate of drug-likeness (QED) is 0.342. The molecule has 0 aromatic heterocycles. The van der Waals surface area contributed by atoms with Gasteiger partial charge < -0.3 is 25.3 Å². The number of rotatable bonds is 13. The summed E-state index contributed by atoms with van der Waals surface area (Å²) in [5.74, 6) is -0.379. The molecule has 0 aliphatic carbocycles. The Morgan fingerprint density at radius 1 is 1.03 bits per heavy atom. The van der Waals surface area contributed by atoms with Crippen LogP contribution >= 0.6 is 34.8 Å². The first-order valence-electron chi connectivity index (χ1n) is 10.2. The molecule has 0 amide bonds. The number of nitrogens with zero attached hydrogens (tertiary/aromatic N) is 2. The van der Waals surface area contributed by atoms with Gasteiger partial charge in [-0.2, -0.15) is 5.06 Å². The molecule has 0 spiro atoms. The summed E-state index contributed by atoms with van der Waals surface area (Å²) in [7, 11) is 0. The van der Waals surface area contributed by atoms with Gasteiger partial charge in [-0.05, 0) is 44.2 Å². The first-order valence-corrected chi connectivity index (χ1v) is 11.3. The van der Waals surface area contributed by atoms with Gasteiger partial charge in [0.25, 0.3) is 0 Å². The minimum atomic E-state index is -0.780. The van der Waals surface area contributed by atoms with Crippen molar-refractivity contribution in [3.05, 3.63) is 32.4 Å². The van der Waals surface area contributed by atoms with E-state index < -0.39 is 5.97 Å². The van der Waals surface area contributed by atoms with Gasteiger partial charge in [0.05, 0.1) is 29.4 Å². The molecule has 1 aliphatic heterocycles. The Labute approximate surface area is 192 Å². The van der Waals surface area contributed by atoms with Gasteiger partial charge in [0.15, 0.2) is 5.75 Å². The number of halogens is 3. The number of hydrogen-bond donors (Lipinski definition) is 2. The van der Waals surface area contributed by atoms with E-state index in [0.717, 1.165) is 42.2 Å². The Morgan fingerprint density at radius 3 is 2.30 bits per heavy atom. The third-order valence-corrected chi connectivity index (χ3v) is 6.01. The SMILES string of the molecule is O=C(O)CCCCCCC1C(CCCCOc2c(Cl)cc(Cl)cc2Cl)N(O)CN1[O-]. The Morgan fingerprint density at radius 2 is 1.63 bits per heavy atom. The fourth-order valence-corrected chi connectivity index (χ4v) is 4.63. The van der Waals surface area contributed by atoms with Gasteiger partial charge >= 0.3 is 5.97 Å². The molecule has 1 heterocycles. The van der Waals surface area contributed by atoms with E-state index in [1.54, 1.807) is 12.1 Å². The molecule has 1 fully saturated rings. The molecule has 1 aromatic rings. The molecule has 170 valence electrons. The van der Waals surface area contributed by atoms with Crippen LogP contribution in [0.2, 0.25) is 15.1 Å². The van der Waals surface area contributed by atoms with Crippen molar-refractivity contribution in [1.29, 1.82) is 0 Å². The highest BCUT2D eigenvalue weighted by Gasteiger charge is 2.33. The molecule has 0 saturated carbocycles. The molecule has 1 aliphatic rings. The second kappa shape index (κ2) is 12.9. The lowest BCUT2D eigenvalue weighted by Crippen LogP contribution is -2.35. The number of carboxylic acid groups (broad SMARTS) is 1. The molecular weight excluding hydrogens is 455 g/mol. The third-order valence-electron chi connectivity index (χ3n) is 5.23. The van der Waals surface area contributed by atoms with Crippen LogP contribution < -0.4 is 4.74 Å². The summed E-state index contributed by atoms with van der Waals surface area (Å²) in [5.41, 5.74) is 0. The average Bonchev–Trinajstić information content (AvgIpc) is 2.92. The maximum absolute atomic E-state index is 12.2. The van der Waals surface area contributed by atoms with Crippen molar-refractivity contribution in [2.24, 2.45) is 0 Å². The molecule has 1 aromatic carbocycles. The summed E-state index contributed by atoms with van der Waals surface area (Å²) < 4.78 is 5.67. The summed E-state index contributed by atoms with van der Waals surface area (Å²) in [6.45, 7) is 0.398. The highest BCUT2D eigenvalue weighted by atomic mass is 35.5. The van der Waals surface area contributed by atoms with Crippen molar-refractivity contribution in [3.63, 3.8) is 0 Å². The average molecular weight is 483 g/mol. The minimum Gasteiger partial charge on any atom is -0.784 e. The van der Waals surface area contributed by atoms with E-state index in [2.05, 4.69) is 0 Å². The zero-order valence-electron chi connectivity index (χ0n) is 16.7. The van der Waals surface area contributed by atoms with Crippen LogP contribution in [0.4, 0.5) is 0 Å². The van der Waals surface area contributed by atoms with E-state index >= 15 is 0 Å². The van der Waals surface area contributed by atoms with Gasteiger partial charge in [-0.1, -0.05) is 54.1 Å². The van der Waals surface area contributed by atoms with Crippen molar-refractivity contribution in [2.75, 3.05) is 13.3 Å². The zero-order valence-corrected chi connectivity index (χ0v) is 19.0. The molecular formula is C20H28Cl3N2O5-. The van der Waals surface area contributed by atoms with Crippen molar-refractivity contribution >= 4 is 40.8 Å². The topological polar surface area (TPSA) is 96.3 Å². The molecule has 10 heteroatoms. The molecule has 2 unspecified atom stereocenters. The molecule has 2 atom stereocenters. The number of ether oxygens (including phenoxy) is 1. The minimum absolute atomic E-state index is 0.0131.